The second kappa shape index (κ2) is 6.59. The van der Waals surface area contributed by atoms with Crippen molar-refractivity contribution in [3.63, 3.8) is 0 Å². The molecule has 122 valence electrons. The van der Waals surface area contributed by atoms with Crippen LogP contribution in [0.4, 0.5) is 0 Å². The molecule has 1 N–H and O–H groups in total. The molecule has 1 saturated carbocycles. The Bertz CT molecular complexity index is 722. The van der Waals surface area contributed by atoms with Crippen LogP contribution in [0.15, 0.2) is 22.7 Å². The molecule has 1 fully saturated rings. The molecule has 0 aliphatic heterocycles. The zero-order valence-electron chi connectivity index (χ0n) is 13.5. The highest BCUT2D eigenvalue weighted by Crippen LogP contribution is 2.38. The summed E-state index contributed by atoms with van der Waals surface area (Å²) in [5, 5.41) is 7.10. The summed E-state index contributed by atoms with van der Waals surface area (Å²) in [5.41, 5.74) is 1.77. The molecule has 1 aliphatic rings. The van der Waals surface area contributed by atoms with Gasteiger partial charge in [-0.05, 0) is 59.9 Å². The fourth-order valence-electron chi connectivity index (χ4n) is 2.44. The molecule has 5 nitrogen and oxygen atoms in total. The molecule has 0 bridgehead atoms. The number of carbonyl (C=O) groups excluding carboxylic acids is 1. The Morgan fingerprint density at radius 2 is 2.13 bits per heavy atom. The second-order valence-corrected chi connectivity index (χ2v) is 7.48. The van der Waals surface area contributed by atoms with Crippen molar-refractivity contribution in [3.8, 4) is 0 Å². The van der Waals surface area contributed by atoms with Crippen LogP contribution in [0.25, 0.3) is 0 Å². The lowest BCUT2D eigenvalue weighted by atomic mass is 10.0. The summed E-state index contributed by atoms with van der Waals surface area (Å²) in [6.07, 6.45) is 2.25. The number of aromatic nitrogens is 2. The Kier molecular flexibility index (Phi) is 4.70. The minimum absolute atomic E-state index is 0.108. The predicted octanol–water partition coefficient (Wildman–Crippen LogP) is 3.99. The average Bonchev–Trinajstić information content (AvgIpc) is 3.25. The van der Waals surface area contributed by atoms with Gasteiger partial charge in [-0.25, -0.2) is 0 Å². The molecule has 3 rings (SSSR count). The third-order valence-electron chi connectivity index (χ3n) is 4.06. The molecule has 0 radical (unpaired) electrons. The first-order chi connectivity index (χ1) is 11.0. The topological polar surface area (TPSA) is 68.0 Å². The minimum atomic E-state index is -0.279. The zero-order chi connectivity index (χ0) is 16.6. The number of nitrogens with one attached hydrogen (secondary N) is 1. The zero-order valence-corrected chi connectivity index (χ0v) is 15.6. The molecule has 0 spiro atoms. The van der Waals surface area contributed by atoms with Gasteiger partial charge in [-0.1, -0.05) is 31.1 Å². The van der Waals surface area contributed by atoms with Gasteiger partial charge < -0.3 is 9.84 Å². The van der Waals surface area contributed by atoms with E-state index in [4.69, 9.17) is 4.52 Å². The maximum atomic E-state index is 12.7. The normalized spacial score (nSPS) is 15.7. The van der Waals surface area contributed by atoms with Crippen LogP contribution in [0.1, 0.15) is 66.3 Å². The standard InChI is InChI=1S/C17H20IN3O2/c1-9(2)14(17-20-15(21-23-17)11-7-8-11)19-16(22)12-6-4-5-10(3)13(12)18/h4-6,9,11,14H,7-8H2,1-3H3,(H,19,22). The summed E-state index contributed by atoms with van der Waals surface area (Å²) >= 11 is 2.21. The average molecular weight is 425 g/mol. The third kappa shape index (κ3) is 3.57. The molecule has 1 aromatic heterocycles. The van der Waals surface area contributed by atoms with Crippen LogP contribution in [-0.2, 0) is 0 Å². The van der Waals surface area contributed by atoms with Crippen LogP contribution >= 0.6 is 22.6 Å². The van der Waals surface area contributed by atoms with Gasteiger partial charge in [-0.3, -0.25) is 4.79 Å². The van der Waals surface area contributed by atoms with Gasteiger partial charge >= 0.3 is 0 Å². The monoisotopic (exact) mass is 425 g/mol. The number of nitrogens with zero attached hydrogens (tertiary/aromatic N) is 2. The van der Waals surface area contributed by atoms with Crippen LogP contribution in [0.5, 0.6) is 0 Å². The fraction of sp³-hybridized carbons (Fsp3) is 0.471. The quantitative estimate of drug-likeness (QED) is 0.736. The van der Waals surface area contributed by atoms with Crippen molar-refractivity contribution in [2.24, 2.45) is 5.92 Å². The lowest BCUT2D eigenvalue weighted by Gasteiger charge is -2.19. The largest absolute Gasteiger partial charge is 0.340 e. The Hall–Kier alpha value is -1.44. The summed E-state index contributed by atoms with van der Waals surface area (Å²) in [6, 6.07) is 5.46. The van der Waals surface area contributed by atoms with Crippen LogP contribution in [0.2, 0.25) is 0 Å². The van der Waals surface area contributed by atoms with Crippen molar-refractivity contribution in [2.45, 2.75) is 45.6 Å². The highest BCUT2D eigenvalue weighted by atomic mass is 127. The van der Waals surface area contributed by atoms with Crippen LogP contribution in [0.3, 0.4) is 0 Å². The van der Waals surface area contributed by atoms with Crippen molar-refractivity contribution in [3.05, 3.63) is 44.6 Å². The van der Waals surface area contributed by atoms with E-state index < -0.39 is 0 Å². The summed E-state index contributed by atoms with van der Waals surface area (Å²) in [7, 11) is 0. The molecular weight excluding hydrogens is 405 g/mol. The smallest absolute Gasteiger partial charge is 0.253 e. The molecule has 1 unspecified atom stereocenters. The van der Waals surface area contributed by atoms with Gasteiger partial charge in [-0.15, -0.1) is 0 Å². The first kappa shape index (κ1) is 16.4. The van der Waals surface area contributed by atoms with E-state index >= 15 is 0 Å². The van der Waals surface area contributed by atoms with E-state index in [2.05, 4.69) is 38.0 Å². The molecule has 1 heterocycles. The summed E-state index contributed by atoms with van der Waals surface area (Å²) in [5.74, 6) is 1.76. The molecule has 1 atom stereocenters. The molecule has 1 aromatic carbocycles. The Morgan fingerprint density at radius 1 is 1.39 bits per heavy atom. The molecular formula is C17H20IN3O2. The Balaban J connectivity index is 1.81. The van der Waals surface area contributed by atoms with Gasteiger partial charge in [0.25, 0.3) is 5.91 Å². The van der Waals surface area contributed by atoms with E-state index in [-0.39, 0.29) is 17.9 Å². The van der Waals surface area contributed by atoms with Gasteiger partial charge in [0.05, 0.1) is 5.56 Å². The molecule has 0 saturated heterocycles. The predicted molar refractivity (Wildman–Crippen MR) is 95.2 cm³/mol. The Morgan fingerprint density at radius 3 is 2.78 bits per heavy atom. The van der Waals surface area contributed by atoms with Gasteiger partial charge in [0.15, 0.2) is 5.82 Å². The van der Waals surface area contributed by atoms with Crippen molar-refractivity contribution in [1.82, 2.24) is 15.5 Å². The highest BCUT2D eigenvalue weighted by molar-refractivity contribution is 14.1. The van der Waals surface area contributed by atoms with E-state index in [1.807, 2.05) is 39.0 Å². The molecule has 1 amide bonds. The first-order valence-corrected chi connectivity index (χ1v) is 8.94. The van der Waals surface area contributed by atoms with E-state index in [1.54, 1.807) is 0 Å². The SMILES string of the molecule is Cc1cccc(C(=O)NC(c2nc(C3CC3)no2)C(C)C)c1I. The molecule has 6 heteroatoms. The minimum Gasteiger partial charge on any atom is -0.340 e. The summed E-state index contributed by atoms with van der Waals surface area (Å²) < 4.78 is 6.37. The van der Waals surface area contributed by atoms with E-state index in [1.165, 1.54) is 0 Å². The van der Waals surface area contributed by atoms with Gasteiger partial charge in [0.1, 0.15) is 6.04 Å². The molecule has 2 aromatic rings. The van der Waals surface area contributed by atoms with Crippen molar-refractivity contribution in [2.75, 3.05) is 0 Å². The number of carbonyl (C=O) groups is 1. The fourth-order valence-corrected chi connectivity index (χ4v) is 3.04. The molecule has 23 heavy (non-hydrogen) atoms. The number of halogens is 1. The maximum Gasteiger partial charge on any atom is 0.253 e. The first-order valence-electron chi connectivity index (χ1n) is 7.87. The number of amides is 1. The highest BCUT2D eigenvalue weighted by Gasteiger charge is 2.31. The number of hydrogen-bond donors (Lipinski definition) is 1. The van der Waals surface area contributed by atoms with Crippen LogP contribution < -0.4 is 5.32 Å². The van der Waals surface area contributed by atoms with Gasteiger partial charge in [0.2, 0.25) is 5.89 Å². The number of aryl methyl sites for hydroxylation is 1. The summed E-state index contributed by atoms with van der Waals surface area (Å²) in [6.45, 7) is 6.07. The number of rotatable bonds is 5. The van der Waals surface area contributed by atoms with E-state index in [0.29, 0.717) is 17.4 Å². The van der Waals surface area contributed by atoms with E-state index in [0.717, 1.165) is 27.8 Å². The van der Waals surface area contributed by atoms with Gasteiger partial charge in [0, 0.05) is 9.49 Å². The van der Waals surface area contributed by atoms with Crippen molar-refractivity contribution in [1.29, 1.82) is 0 Å². The van der Waals surface area contributed by atoms with Gasteiger partial charge in [-0.2, -0.15) is 4.98 Å². The van der Waals surface area contributed by atoms with Crippen molar-refractivity contribution >= 4 is 28.5 Å². The second-order valence-electron chi connectivity index (χ2n) is 6.40. The maximum absolute atomic E-state index is 12.7. The van der Waals surface area contributed by atoms with Crippen molar-refractivity contribution < 1.29 is 9.32 Å². The lowest BCUT2D eigenvalue weighted by molar-refractivity contribution is 0.0913. The van der Waals surface area contributed by atoms with Crippen LogP contribution in [-0.4, -0.2) is 16.0 Å². The number of hydrogen-bond acceptors (Lipinski definition) is 4. The lowest BCUT2D eigenvalue weighted by Crippen LogP contribution is -2.32. The molecule has 1 aliphatic carbocycles. The third-order valence-corrected chi connectivity index (χ3v) is 5.49. The summed E-state index contributed by atoms with van der Waals surface area (Å²) in [4.78, 5) is 17.1. The van der Waals surface area contributed by atoms with E-state index in [9.17, 15) is 4.79 Å². The Labute approximate surface area is 149 Å². The van der Waals surface area contributed by atoms with Crippen LogP contribution in [0, 0.1) is 16.4 Å². The number of benzene rings is 1.